The van der Waals surface area contributed by atoms with Crippen molar-refractivity contribution in [3.8, 4) is 11.1 Å². The lowest BCUT2D eigenvalue weighted by atomic mass is 9.96. The molecule has 0 spiro atoms. The maximum Gasteiger partial charge on any atom is 0.307 e. The van der Waals surface area contributed by atoms with Crippen molar-refractivity contribution in [2.45, 2.75) is 12.8 Å². The van der Waals surface area contributed by atoms with Gasteiger partial charge in [0.25, 0.3) is 0 Å². The van der Waals surface area contributed by atoms with E-state index in [-0.39, 0.29) is 12.3 Å². The lowest BCUT2D eigenvalue weighted by Gasteiger charge is -2.08. The molecular formula is C16H13NO3. The number of anilines is 1. The Bertz CT molecular complexity index is 707. The molecule has 2 aromatic rings. The van der Waals surface area contributed by atoms with E-state index in [0.29, 0.717) is 6.42 Å². The van der Waals surface area contributed by atoms with Crippen molar-refractivity contribution in [2.75, 3.05) is 5.32 Å². The number of rotatable bonds is 3. The van der Waals surface area contributed by atoms with Crippen LogP contribution in [0.15, 0.2) is 42.5 Å². The van der Waals surface area contributed by atoms with Crippen LogP contribution in [0.25, 0.3) is 11.1 Å². The summed E-state index contributed by atoms with van der Waals surface area (Å²) in [6.07, 6.45) is 0.370. The minimum absolute atomic E-state index is 0.0000442. The Morgan fingerprint density at radius 1 is 1.20 bits per heavy atom. The lowest BCUT2D eigenvalue weighted by Crippen LogP contribution is -2.03. The first-order chi connectivity index (χ1) is 9.63. The Kier molecular flexibility index (Phi) is 2.99. The Morgan fingerprint density at radius 2 is 2.00 bits per heavy atom. The molecule has 0 aliphatic carbocycles. The molecule has 2 aromatic carbocycles. The third-order valence-corrected chi connectivity index (χ3v) is 3.38. The zero-order chi connectivity index (χ0) is 14.1. The summed E-state index contributed by atoms with van der Waals surface area (Å²) in [4.78, 5) is 22.3. The van der Waals surface area contributed by atoms with E-state index in [1.807, 2.05) is 36.4 Å². The normalized spacial score (nSPS) is 12.9. The summed E-state index contributed by atoms with van der Waals surface area (Å²) in [5, 5.41) is 11.7. The number of carboxylic acid groups (broad SMARTS) is 1. The summed E-state index contributed by atoms with van der Waals surface area (Å²) >= 11 is 0. The highest BCUT2D eigenvalue weighted by atomic mass is 16.4. The zero-order valence-electron chi connectivity index (χ0n) is 10.7. The van der Waals surface area contributed by atoms with E-state index in [1.165, 1.54) is 0 Å². The SMILES string of the molecule is O=C(O)Cc1cccc(-c2cccc3c2CC(=O)N3)c1. The highest BCUT2D eigenvalue weighted by molar-refractivity contribution is 6.01. The first-order valence-electron chi connectivity index (χ1n) is 6.36. The Morgan fingerprint density at radius 3 is 2.80 bits per heavy atom. The van der Waals surface area contributed by atoms with Gasteiger partial charge in [0.15, 0.2) is 0 Å². The second kappa shape index (κ2) is 4.81. The topological polar surface area (TPSA) is 66.4 Å². The second-order valence-electron chi connectivity index (χ2n) is 4.83. The van der Waals surface area contributed by atoms with Crippen LogP contribution in [0.1, 0.15) is 11.1 Å². The largest absolute Gasteiger partial charge is 0.481 e. The Hall–Kier alpha value is -2.62. The van der Waals surface area contributed by atoms with Gasteiger partial charge in [-0.3, -0.25) is 9.59 Å². The van der Waals surface area contributed by atoms with Gasteiger partial charge in [0.1, 0.15) is 0 Å². The van der Waals surface area contributed by atoms with Gasteiger partial charge in [0, 0.05) is 5.69 Å². The van der Waals surface area contributed by atoms with Crippen molar-refractivity contribution in [2.24, 2.45) is 0 Å². The van der Waals surface area contributed by atoms with Gasteiger partial charge in [0.2, 0.25) is 5.91 Å². The number of benzene rings is 2. The van der Waals surface area contributed by atoms with Crippen molar-refractivity contribution in [1.29, 1.82) is 0 Å². The fraction of sp³-hybridized carbons (Fsp3) is 0.125. The molecule has 1 heterocycles. The Labute approximate surface area is 116 Å². The van der Waals surface area contributed by atoms with Crippen LogP contribution in [-0.2, 0) is 22.4 Å². The van der Waals surface area contributed by atoms with Gasteiger partial charge in [-0.15, -0.1) is 0 Å². The quantitative estimate of drug-likeness (QED) is 0.897. The predicted molar refractivity (Wildman–Crippen MR) is 75.6 cm³/mol. The Balaban J connectivity index is 2.04. The second-order valence-corrected chi connectivity index (χ2v) is 4.83. The molecule has 0 saturated carbocycles. The van der Waals surface area contributed by atoms with Gasteiger partial charge in [-0.25, -0.2) is 0 Å². The lowest BCUT2D eigenvalue weighted by molar-refractivity contribution is -0.136. The minimum Gasteiger partial charge on any atom is -0.481 e. The molecule has 3 rings (SSSR count). The summed E-state index contributed by atoms with van der Waals surface area (Å²) in [5.41, 5.74) is 4.50. The van der Waals surface area contributed by atoms with Crippen molar-refractivity contribution in [3.05, 3.63) is 53.6 Å². The number of hydrogen-bond acceptors (Lipinski definition) is 2. The molecule has 4 nitrogen and oxygen atoms in total. The summed E-state index contributed by atoms with van der Waals surface area (Å²) in [5.74, 6) is -0.855. The van der Waals surface area contributed by atoms with E-state index in [2.05, 4.69) is 5.32 Å². The molecule has 0 saturated heterocycles. The van der Waals surface area contributed by atoms with Crippen molar-refractivity contribution >= 4 is 17.6 Å². The van der Waals surface area contributed by atoms with E-state index >= 15 is 0 Å². The molecular weight excluding hydrogens is 254 g/mol. The van der Waals surface area contributed by atoms with Gasteiger partial charge in [-0.1, -0.05) is 36.4 Å². The van der Waals surface area contributed by atoms with Crippen LogP contribution in [0, 0.1) is 0 Å². The highest BCUT2D eigenvalue weighted by Crippen LogP contribution is 2.33. The number of amides is 1. The fourth-order valence-electron chi connectivity index (χ4n) is 2.54. The van der Waals surface area contributed by atoms with Crippen LogP contribution in [0.5, 0.6) is 0 Å². The molecule has 0 aromatic heterocycles. The van der Waals surface area contributed by atoms with Crippen molar-refractivity contribution < 1.29 is 14.7 Å². The number of carboxylic acids is 1. The summed E-state index contributed by atoms with van der Waals surface area (Å²) in [7, 11) is 0. The van der Waals surface area contributed by atoms with Gasteiger partial charge >= 0.3 is 5.97 Å². The molecule has 100 valence electrons. The molecule has 20 heavy (non-hydrogen) atoms. The summed E-state index contributed by atoms with van der Waals surface area (Å²) in [6.45, 7) is 0. The van der Waals surface area contributed by atoms with Gasteiger partial charge in [-0.05, 0) is 28.3 Å². The van der Waals surface area contributed by atoms with Crippen molar-refractivity contribution in [3.63, 3.8) is 0 Å². The van der Waals surface area contributed by atoms with Gasteiger partial charge in [0.05, 0.1) is 12.8 Å². The maximum absolute atomic E-state index is 11.5. The molecule has 1 amide bonds. The highest BCUT2D eigenvalue weighted by Gasteiger charge is 2.21. The third-order valence-electron chi connectivity index (χ3n) is 3.38. The van der Waals surface area contributed by atoms with Crippen LogP contribution < -0.4 is 5.32 Å². The molecule has 0 fully saturated rings. The van der Waals surface area contributed by atoms with Gasteiger partial charge < -0.3 is 10.4 Å². The van der Waals surface area contributed by atoms with E-state index in [4.69, 9.17) is 5.11 Å². The number of hydrogen-bond donors (Lipinski definition) is 2. The van der Waals surface area contributed by atoms with Crippen LogP contribution in [0.2, 0.25) is 0 Å². The van der Waals surface area contributed by atoms with Crippen LogP contribution >= 0.6 is 0 Å². The van der Waals surface area contributed by atoms with E-state index < -0.39 is 5.97 Å². The van der Waals surface area contributed by atoms with Crippen molar-refractivity contribution in [1.82, 2.24) is 0 Å². The van der Waals surface area contributed by atoms with E-state index in [1.54, 1.807) is 6.07 Å². The van der Waals surface area contributed by atoms with E-state index in [9.17, 15) is 9.59 Å². The molecule has 0 bridgehead atoms. The number of fused-ring (bicyclic) bond motifs is 1. The molecule has 0 atom stereocenters. The minimum atomic E-state index is -0.850. The standard InChI is InChI=1S/C16H13NO3/c18-15-9-13-12(5-2-6-14(13)17-15)11-4-1-3-10(7-11)8-16(19)20/h1-7H,8-9H2,(H,17,18)(H,19,20). The number of nitrogens with one attached hydrogen (secondary N) is 1. The average molecular weight is 267 g/mol. The molecule has 1 aliphatic rings. The smallest absolute Gasteiger partial charge is 0.307 e. The summed E-state index contributed by atoms with van der Waals surface area (Å²) < 4.78 is 0. The zero-order valence-corrected chi connectivity index (χ0v) is 10.7. The number of aliphatic carboxylic acids is 1. The summed E-state index contributed by atoms with van der Waals surface area (Å²) in [6, 6.07) is 13.2. The maximum atomic E-state index is 11.5. The van der Waals surface area contributed by atoms with E-state index in [0.717, 1.165) is 27.9 Å². The van der Waals surface area contributed by atoms with Crippen LogP contribution in [0.4, 0.5) is 5.69 Å². The molecule has 0 unspecified atom stereocenters. The molecule has 2 N–H and O–H groups in total. The first-order valence-corrected chi connectivity index (χ1v) is 6.36. The first kappa shape index (κ1) is 12.4. The monoisotopic (exact) mass is 267 g/mol. The predicted octanol–water partition coefficient (Wildman–Crippen LogP) is 2.48. The number of carbonyl (C=O) groups excluding carboxylic acids is 1. The molecule has 4 heteroatoms. The molecule has 1 aliphatic heterocycles. The fourth-order valence-corrected chi connectivity index (χ4v) is 2.54. The number of carbonyl (C=O) groups is 2. The molecule has 0 radical (unpaired) electrons. The van der Waals surface area contributed by atoms with Crippen LogP contribution in [-0.4, -0.2) is 17.0 Å². The van der Waals surface area contributed by atoms with Crippen LogP contribution in [0.3, 0.4) is 0 Å². The third kappa shape index (κ3) is 2.28. The van der Waals surface area contributed by atoms with Gasteiger partial charge in [-0.2, -0.15) is 0 Å². The average Bonchev–Trinajstić information content (AvgIpc) is 2.78.